The molecule has 0 aromatic carbocycles. The van der Waals surface area contributed by atoms with Crippen molar-refractivity contribution in [1.82, 2.24) is 5.32 Å². The maximum Gasteiger partial charge on any atom is 0.326 e. The number of amides is 1. The van der Waals surface area contributed by atoms with Crippen molar-refractivity contribution >= 4 is 24.1 Å². The summed E-state index contributed by atoms with van der Waals surface area (Å²) >= 11 is 0. The van der Waals surface area contributed by atoms with Crippen LogP contribution >= 0.6 is 0 Å². The Bertz CT molecular complexity index is 402. The molecule has 7 heteroatoms. The molecule has 7 nitrogen and oxygen atoms in total. The van der Waals surface area contributed by atoms with Crippen LogP contribution in [0, 0.1) is 0 Å². The summed E-state index contributed by atoms with van der Waals surface area (Å²) in [5, 5.41) is 19.7. The number of rotatable bonds is 6. The number of carboxylic acid groups (broad SMARTS) is 2. The summed E-state index contributed by atoms with van der Waals surface area (Å²) in [6, 6.07) is -1.84. The predicted octanol–water partition coefficient (Wildman–Crippen LogP) is -0.180. The maximum atomic E-state index is 11.7. The van der Waals surface area contributed by atoms with Crippen LogP contribution in [0.4, 0.5) is 0 Å². The third kappa shape index (κ3) is 4.36. The highest BCUT2D eigenvalue weighted by Crippen LogP contribution is 2.06. The summed E-state index contributed by atoms with van der Waals surface area (Å²) in [6.45, 7) is 0. The largest absolute Gasteiger partial charge is 0.481 e. The summed E-state index contributed by atoms with van der Waals surface area (Å²) in [4.78, 5) is 36.8. The summed E-state index contributed by atoms with van der Waals surface area (Å²) in [5.41, 5.74) is 0. The zero-order valence-electron chi connectivity index (χ0n) is 9.57. The highest BCUT2D eigenvalue weighted by atomic mass is 16.4. The van der Waals surface area contributed by atoms with E-state index in [1.165, 1.54) is 6.21 Å². The molecule has 98 valence electrons. The van der Waals surface area contributed by atoms with E-state index in [0.717, 1.165) is 0 Å². The molecule has 0 aliphatic carbocycles. The van der Waals surface area contributed by atoms with Crippen LogP contribution in [-0.4, -0.2) is 46.4 Å². The van der Waals surface area contributed by atoms with Gasteiger partial charge in [-0.25, -0.2) is 4.79 Å². The molecule has 0 spiro atoms. The van der Waals surface area contributed by atoms with E-state index in [-0.39, 0.29) is 12.8 Å². The first-order valence-corrected chi connectivity index (χ1v) is 5.44. The van der Waals surface area contributed by atoms with E-state index in [1.54, 1.807) is 12.2 Å². The minimum atomic E-state index is -1.25. The Morgan fingerprint density at radius 1 is 1.39 bits per heavy atom. The standard InChI is InChI=1S/C11H14N2O5/c14-9(15)5-4-8(11(17)18)13-10(16)7-3-1-2-6-12-7/h1-2,6-8H,3-5H2,(H,13,16)(H,14,15)(H,17,18)/t7?,8-/m0/s1. The number of hydrogen-bond donors (Lipinski definition) is 3. The molecule has 1 rings (SSSR count). The first kappa shape index (κ1) is 13.9. The lowest BCUT2D eigenvalue weighted by atomic mass is 10.1. The van der Waals surface area contributed by atoms with Gasteiger partial charge in [0, 0.05) is 12.6 Å². The molecule has 0 saturated heterocycles. The van der Waals surface area contributed by atoms with Gasteiger partial charge in [-0.2, -0.15) is 0 Å². The first-order valence-electron chi connectivity index (χ1n) is 5.44. The minimum absolute atomic E-state index is 0.150. The van der Waals surface area contributed by atoms with E-state index in [4.69, 9.17) is 10.2 Å². The molecule has 2 atom stereocenters. The van der Waals surface area contributed by atoms with Crippen molar-refractivity contribution in [1.29, 1.82) is 0 Å². The smallest absolute Gasteiger partial charge is 0.326 e. The van der Waals surface area contributed by atoms with Gasteiger partial charge in [-0.15, -0.1) is 0 Å². The lowest BCUT2D eigenvalue weighted by molar-refractivity contribution is -0.143. The van der Waals surface area contributed by atoms with Crippen LogP contribution in [-0.2, 0) is 14.4 Å². The highest BCUT2D eigenvalue weighted by molar-refractivity contribution is 5.89. The Morgan fingerprint density at radius 2 is 2.11 bits per heavy atom. The molecule has 0 bridgehead atoms. The zero-order chi connectivity index (χ0) is 13.5. The van der Waals surface area contributed by atoms with Gasteiger partial charge in [0.2, 0.25) is 5.91 Å². The molecule has 0 radical (unpaired) electrons. The number of dihydropyridines is 1. The van der Waals surface area contributed by atoms with Crippen molar-refractivity contribution in [2.75, 3.05) is 0 Å². The summed E-state index contributed by atoms with van der Waals surface area (Å²) in [6.07, 6.45) is 4.87. The number of carbonyl (C=O) groups excluding carboxylic acids is 1. The van der Waals surface area contributed by atoms with Gasteiger partial charge in [0.25, 0.3) is 0 Å². The van der Waals surface area contributed by atoms with E-state index in [9.17, 15) is 14.4 Å². The molecule has 0 saturated carbocycles. The average molecular weight is 254 g/mol. The van der Waals surface area contributed by atoms with Gasteiger partial charge in [0.1, 0.15) is 12.1 Å². The number of nitrogens with one attached hydrogen (secondary N) is 1. The Hall–Kier alpha value is -2.18. The fourth-order valence-electron chi connectivity index (χ4n) is 1.45. The second kappa shape index (κ2) is 6.53. The van der Waals surface area contributed by atoms with E-state index in [0.29, 0.717) is 6.42 Å². The monoisotopic (exact) mass is 254 g/mol. The van der Waals surface area contributed by atoms with Gasteiger partial charge in [0.15, 0.2) is 0 Å². The molecule has 1 aliphatic rings. The molecule has 1 heterocycles. The second-order valence-corrected chi connectivity index (χ2v) is 3.81. The van der Waals surface area contributed by atoms with E-state index >= 15 is 0 Å². The number of aliphatic carboxylic acids is 2. The summed E-state index contributed by atoms with van der Waals surface area (Å²) in [7, 11) is 0. The Morgan fingerprint density at radius 3 is 2.61 bits per heavy atom. The molecule has 0 aromatic rings. The molecule has 1 amide bonds. The van der Waals surface area contributed by atoms with E-state index in [2.05, 4.69) is 10.3 Å². The maximum absolute atomic E-state index is 11.7. The Labute approximate surface area is 103 Å². The van der Waals surface area contributed by atoms with Crippen LogP contribution < -0.4 is 5.32 Å². The van der Waals surface area contributed by atoms with Crippen LogP contribution in [0.1, 0.15) is 19.3 Å². The van der Waals surface area contributed by atoms with Gasteiger partial charge in [-0.3, -0.25) is 14.6 Å². The van der Waals surface area contributed by atoms with Crippen LogP contribution in [0.3, 0.4) is 0 Å². The summed E-state index contributed by atoms with van der Waals surface area (Å²) < 4.78 is 0. The average Bonchev–Trinajstić information content (AvgIpc) is 2.34. The number of carboxylic acids is 2. The van der Waals surface area contributed by atoms with Gasteiger partial charge in [-0.05, 0) is 18.9 Å². The van der Waals surface area contributed by atoms with E-state index < -0.39 is 29.9 Å². The normalized spacial score (nSPS) is 19.2. The molecule has 3 N–H and O–H groups in total. The van der Waals surface area contributed by atoms with Crippen molar-refractivity contribution in [3.63, 3.8) is 0 Å². The fraction of sp³-hybridized carbons (Fsp3) is 0.455. The zero-order valence-corrected chi connectivity index (χ0v) is 9.57. The molecular weight excluding hydrogens is 240 g/mol. The number of hydrogen-bond acceptors (Lipinski definition) is 4. The van der Waals surface area contributed by atoms with Crippen LogP contribution in [0.15, 0.2) is 17.1 Å². The number of nitrogens with zero attached hydrogens (tertiary/aromatic N) is 1. The van der Waals surface area contributed by atoms with Crippen LogP contribution in [0.2, 0.25) is 0 Å². The SMILES string of the molecule is O=C(O)CC[C@H](NC(=O)C1CC=CC=N1)C(=O)O. The van der Waals surface area contributed by atoms with Gasteiger partial charge in [0.05, 0.1) is 0 Å². The summed E-state index contributed by atoms with van der Waals surface area (Å²) in [5.74, 6) is -2.86. The first-order chi connectivity index (χ1) is 8.50. The second-order valence-electron chi connectivity index (χ2n) is 3.81. The molecule has 0 aromatic heterocycles. The quantitative estimate of drug-likeness (QED) is 0.608. The topological polar surface area (TPSA) is 116 Å². The lowest BCUT2D eigenvalue weighted by Gasteiger charge is -2.17. The molecule has 0 fully saturated rings. The predicted molar refractivity (Wildman–Crippen MR) is 62.5 cm³/mol. The third-order valence-electron chi connectivity index (χ3n) is 2.41. The molecule has 1 unspecified atom stereocenters. The Balaban J connectivity index is 2.52. The third-order valence-corrected chi connectivity index (χ3v) is 2.41. The van der Waals surface area contributed by atoms with Crippen molar-refractivity contribution < 1.29 is 24.6 Å². The van der Waals surface area contributed by atoms with Gasteiger partial charge in [-0.1, -0.05) is 6.08 Å². The van der Waals surface area contributed by atoms with Crippen LogP contribution in [0.5, 0.6) is 0 Å². The minimum Gasteiger partial charge on any atom is -0.481 e. The van der Waals surface area contributed by atoms with Crippen molar-refractivity contribution in [2.45, 2.75) is 31.3 Å². The van der Waals surface area contributed by atoms with Gasteiger partial charge >= 0.3 is 11.9 Å². The molecular formula is C11H14N2O5. The fourth-order valence-corrected chi connectivity index (χ4v) is 1.45. The number of carbonyl (C=O) groups is 3. The molecule has 1 aliphatic heterocycles. The number of allylic oxidation sites excluding steroid dienone is 1. The van der Waals surface area contributed by atoms with Crippen molar-refractivity contribution in [3.05, 3.63) is 12.2 Å². The van der Waals surface area contributed by atoms with Gasteiger partial charge < -0.3 is 15.5 Å². The highest BCUT2D eigenvalue weighted by Gasteiger charge is 2.25. The van der Waals surface area contributed by atoms with Crippen LogP contribution in [0.25, 0.3) is 0 Å². The van der Waals surface area contributed by atoms with Crippen molar-refractivity contribution in [2.24, 2.45) is 4.99 Å². The van der Waals surface area contributed by atoms with Crippen molar-refractivity contribution in [3.8, 4) is 0 Å². The lowest BCUT2D eigenvalue weighted by Crippen LogP contribution is -2.45. The Kier molecular flexibility index (Phi) is 5.04. The number of aliphatic imine (C=N–C) groups is 1. The van der Waals surface area contributed by atoms with E-state index in [1.807, 2.05) is 0 Å². The molecule has 18 heavy (non-hydrogen) atoms.